The molecule has 0 spiro atoms. The number of thiocarbonyl (C=S) groups is 1. The summed E-state index contributed by atoms with van der Waals surface area (Å²) in [7, 11) is 0. The van der Waals surface area contributed by atoms with E-state index in [0.29, 0.717) is 5.56 Å². The van der Waals surface area contributed by atoms with E-state index in [9.17, 15) is 19.7 Å². The molecule has 0 N–H and O–H groups in total. The molecule has 1 aliphatic heterocycles. The highest BCUT2D eigenvalue weighted by Crippen LogP contribution is 2.34. The number of halogens is 1. The topological polar surface area (TPSA) is 80.5 Å². The minimum Gasteiger partial charge on any atom is -0.268 e. The lowest BCUT2D eigenvalue weighted by Crippen LogP contribution is -2.34. The van der Waals surface area contributed by atoms with Gasteiger partial charge in [0.2, 0.25) is 0 Å². The summed E-state index contributed by atoms with van der Waals surface area (Å²) in [6.45, 7) is 0. The molecule has 3 rings (SSSR count). The van der Waals surface area contributed by atoms with Gasteiger partial charge < -0.3 is 0 Å². The van der Waals surface area contributed by atoms with Gasteiger partial charge in [-0.3, -0.25) is 19.7 Å². The number of nitro benzene ring substituents is 1. The van der Waals surface area contributed by atoms with Crippen LogP contribution in [0.5, 0.6) is 0 Å². The number of amides is 2. The lowest BCUT2D eigenvalue weighted by molar-refractivity contribution is -0.384. The molecule has 1 aliphatic rings. The molecule has 0 unspecified atom stereocenters. The fourth-order valence-corrected chi connectivity index (χ4v) is 3.75. The van der Waals surface area contributed by atoms with Gasteiger partial charge in [-0.25, -0.2) is 4.90 Å². The number of thioether (sulfide) groups is 1. The quantitative estimate of drug-likeness (QED) is 0.249. The van der Waals surface area contributed by atoms with E-state index in [2.05, 4.69) is 0 Å². The average Bonchev–Trinajstić information content (AvgIpc) is 2.88. The van der Waals surface area contributed by atoms with Gasteiger partial charge in [0.05, 0.1) is 20.4 Å². The first-order valence-electron chi connectivity index (χ1n) is 7.20. The number of benzene rings is 2. The van der Waals surface area contributed by atoms with Crippen molar-refractivity contribution in [2.75, 3.05) is 0 Å². The Labute approximate surface area is 162 Å². The summed E-state index contributed by atoms with van der Waals surface area (Å²) in [5.41, 5.74) is 0.535. The Morgan fingerprint density at radius 1 is 1.23 bits per heavy atom. The van der Waals surface area contributed by atoms with Crippen LogP contribution in [0.1, 0.15) is 15.9 Å². The molecule has 1 fully saturated rings. The highest BCUT2D eigenvalue weighted by atomic mass is 35.5. The largest absolute Gasteiger partial charge is 0.273 e. The Bertz CT molecular complexity index is 990. The third kappa shape index (κ3) is 3.52. The summed E-state index contributed by atoms with van der Waals surface area (Å²) in [5, 5.41) is 11.1. The van der Waals surface area contributed by atoms with Crippen LogP contribution < -0.4 is 0 Å². The molecule has 0 saturated carbocycles. The Morgan fingerprint density at radius 3 is 2.65 bits per heavy atom. The van der Waals surface area contributed by atoms with Crippen LogP contribution in [0.3, 0.4) is 0 Å². The van der Waals surface area contributed by atoms with Crippen molar-refractivity contribution in [2.24, 2.45) is 0 Å². The third-order valence-electron chi connectivity index (χ3n) is 3.48. The average molecular weight is 405 g/mol. The number of imide groups is 1. The number of hydrogen-bond acceptors (Lipinski definition) is 6. The molecule has 1 heterocycles. The number of carbonyl (C=O) groups excluding carboxylic acids is 2. The smallest absolute Gasteiger partial charge is 0.268 e. The van der Waals surface area contributed by atoms with E-state index in [1.165, 1.54) is 30.3 Å². The number of nitrogens with zero attached hydrogens (tertiary/aromatic N) is 2. The zero-order valence-electron chi connectivity index (χ0n) is 12.9. The first-order chi connectivity index (χ1) is 12.4. The first kappa shape index (κ1) is 18.2. The van der Waals surface area contributed by atoms with Crippen molar-refractivity contribution in [3.05, 3.63) is 79.7 Å². The van der Waals surface area contributed by atoms with Crippen molar-refractivity contribution in [1.29, 1.82) is 0 Å². The third-order valence-corrected chi connectivity index (χ3v) is 5.11. The molecular formula is C17H9ClN2O4S2. The van der Waals surface area contributed by atoms with Crippen LogP contribution in [-0.4, -0.2) is 26.0 Å². The molecular weight excluding hydrogens is 396 g/mol. The normalized spacial score (nSPS) is 15.6. The van der Waals surface area contributed by atoms with Crippen LogP contribution in [0, 0.1) is 10.1 Å². The Kier molecular flexibility index (Phi) is 5.17. The van der Waals surface area contributed by atoms with E-state index in [1.54, 1.807) is 24.3 Å². The minimum atomic E-state index is -0.611. The predicted molar refractivity (Wildman–Crippen MR) is 104 cm³/mol. The maximum Gasteiger partial charge on any atom is 0.273 e. The monoisotopic (exact) mass is 404 g/mol. The van der Waals surface area contributed by atoms with Gasteiger partial charge in [-0.05, 0) is 23.8 Å². The van der Waals surface area contributed by atoms with Crippen molar-refractivity contribution in [2.45, 2.75) is 0 Å². The summed E-state index contributed by atoms with van der Waals surface area (Å²) in [6.07, 6.45) is 1.46. The fraction of sp³-hybridized carbons (Fsp3) is 0. The van der Waals surface area contributed by atoms with Crippen LogP contribution in [0.15, 0.2) is 53.4 Å². The molecule has 0 bridgehead atoms. The van der Waals surface area contributed by atoms with Gasteiger partial charge in [-0.15, -0.1) is 0 Å². The van der Waals surface area contributed by atoms with E-state index in [-0.39, 0.29) is 25.5 Å². The fourth-order valence-electron chi connectivity index (χ4n) is 2.28. The second-order valence-electron chi connectivity index (χ2n) is 5.15. The standard InChI is InChI=1S/C17H9ClN2O4S2/c18-13-7-2-1-6-12(13)15(21)19-16(22)14(26-17(19)25)9-10-4-3-5-11(8-10)20(23)24/h1-9H/b14-9+. The molecule has 0 aliphatic carbocycles. The van der Waals surface area contributed by atoms with Gasteiger partial charge in [-0.1, -0.05) is 59.8 Å². The van der Waals surface area contributed by atoms with Crippen LogP contribution in [0.4, 0.5) is 5.69 Å². The molecule has 26 heavy (non-hydrogen) atoms. The van der Waals surface area contributed by atoms with Crippen LogP contribution in [0.2, 0.25) is 5.02 Å². The lowest BCUT2D eigenvalue weighted by Gasteiger charge is -2.13. The van der Waals surface area contributed by atoms with Gasteiger partial charge in [0.25, 0.3) is 17.5 Å². The zero-order chi connectivity index (χ0) is 18.8. The second kappa shape index (κ2) is 7.36. The van der Waals surface area contributed by atoms with E-state index < -0.39 is 16.7 Å². The molecule has 130 valence electrons. The summed E-state index contributed by atoms with van der Waals surface area (Å²) in [5.74, 6) is -1.20. The SMILES string of the molecule is O=C1/C(=C\c2cccc([N+](=O)[O-])c2)SC(=S)N1C(=O)c1ccccc1Cl. The number of nitro groups is 1. The van der Waals surface area contributed by atoms with Crippen molar-refractivity contribution < 1.29 is 14.5 Å². The first-order valence-corrected chi connectivity index (χ1v) is 8.80. The molecule has 6 nitrogen and oxygen atoms in total. The molecule has 0 aromatic heterocycles. The van der Waals surface area contributed by atoms with E-state index >= 15 is 0 Å². The highest BCUT2D eigenvalue weighted by Gasteiger charge is 2.37. The van der Waals surface area contributed by atoms with Crippen LogP contribution >= 0.6 is 35.6 Å². The highest BCUT2D eigenvalue weighted by molar-refractivity contribution is 8.26. The number of non-ortho nitro benzene ring substituents is 1. The Balaban J connectivity index is 1.92. The second-order valence-corrected chi connectivity index (χ2v) is 7.24. The summed E-state index contributed by atoms with van der Waals surface area (Å²) in [4.78, 5) is 36.7. The molecule has 2 amide bonds. The number of rotatable bonds is 3. The molecule has 9 heteroatoms. The van der Waals surface area contributed by atoms with E-state index in [4.69, 9.17) is 23.8 Å². The molecule has 1 saturated heterocycles. The van der Waals surface area contributed by atoms with Gasteiger partial charge in [0.15, 0.2) is 4.32 Å². The maximum absolute atomic E-state index is 12.6. The van der Waals surface area contributed by atoms with Crippen LogP contribution in [-0.2, 0) is 4.79 Å². The number of hydrogen-bond donors (Lipinski definition) is 0. The Morgan fingerprint density at radius 2 is 1.96 bits per heavy atom. The van der Waals surface area contributed by atoms with Gasteiger partial charge in [-0.2, -0.15) is 0 Å². The van der Waals surface area contributed by atoms with E-state index in [0.717, 1.165) is 16.7 Å². The van der Waals surface area contributed by atoms with Gasteiger partial charge >= 0.3 is 0 Å². The Hall–Kier alpha value is -2.55. The maximum atomic E-state index is 12.6. The van der Waals surface area contributed by atoms with Gasteiger partial charge in [0.1, 0.15) is 0 Å². The van der Waals surface area contributed by atoms with Crippen molar-refractivity contribution in [1.82, 2.24) is 4.90 Å². The summed E-state index contributed by atoms with van der Waals surface area (Å²) < 4.78 is 0.0802. The molecule has 0 radical (unpaired) electrons. The van der Waals surface area contributed by atoms with Crippen molar-refractivity contribution in [3.63, 3.8) is 0 Å². The van der Waals surface area contributed by atoms with Gasteiger partial charge in [0, 0.05) is 12.1 Å². The summed E-state index contributed by atoms with van der Waals surface area (Å²) >= 11 is 12.1. The molecule has 2 aromatic carbocycles. The summed E-state index contributed by atoms with van der Waals surface area (Å²) in [6, 6.07) is 12.2. The lowest BCUT2D eigenvalue weighted by atomic mass is 10.1. The number of carbonyl (C=O) groups is 2. The predicted octanol–water partition coefficient (Wildman–Crippen LogP) is 4.29. The molecule has 2 aromatic rings. The van der Waals surface area contributed by atoms with E-state index in [1.807, 2.05) is 0 Å². The molecule has 0 atom stereocenters. The van der Waals surface area contributed by atoms with Crippen molar-refractivity contribution >= 4 is 63.5 Å². The minimum absolute atomic E-state index is 0.0802. The van der Waals surface area contributed by atoms with Crippen LogP contribution in [0.25, 0.3) is 6.08 Å². The zero-order valence-corrected chi connectivity index (χ0v) is 15.3. The van der Waals surface area contributed by atoms with Crippen molar-refractivity contribution in [3.8, 4) is 0 Å².